The summed E-state index contributed by atoms with van der Waals surface area (Å²) >= 11 is 0. The van der Waals surface area contributed by atoms with Crippen LogP contribution in [0.5, 0.6) is 0 Å². The van der Waals surface area contributed by atoms with E-state index in [1.807, 2.05) is 0 Å². The first-order chi connectivity index (χ1) is 5.41. The topological polar surface area (TPSA) is 12.9 Å². The minimum Gasteiger partial charge on any atom is -0.259 e. The average molecular weight is 179 g/mol. The first-order valence-corrected chi connectivity index (χ1v) is 3.10. The van der Waals surface area contributed by atoms with Crippen molar-refractivity contribution in [2.24, 2.45) is 0 Å². The molecule has 0 N–H and O–H groups in total. The lowest BCUT2D eigenvalue weighted by molar-refractivity contribution is -0.140. The van der Waals surface area contributed by atoms with Gasteiger partial charge in [-0.05, 0) is 13.0 Å². The number of rotatable bonds is 0. The minimum absolute atomic E-state index is 0.142. The largest absolute Gasteiger partial charge is 0.419 e. The molecule has 0 bridgehead atoms. The highest BCUT2D eigenvalue weighted by Gasteiger charge is 2.34. The lowest BCUT2D eigenvalue weighted by Crippen LogP contribution is -2.08. The molecule has 0 amide bonds. The van der Waals surface area contributed by atoms with Crippen LogP contribution in [0.1, 0.15) is 11.3 Å². The average Bonchev–Trinajstić information content (AvgIpc) is 1.92. The molecule has 1 heterocycles. The molecule has 1 rings (SSSR count). The van der Waals surface area contributed by atoms with E-state index in [4.69, 9.17) is 0 Å². The molecule has 0 atom stereocenters. The number of alkyl halides is 3. The zero-order chi connectivity index (χ0) is 9.35. The van der Waals surface area contributed by atoms with Crippen LogP contribution >= 0.6 is 0 Å². The van der Waals surface area contributed by atoms with Crippen LogP contribution in [0.2, 0.25) is 0 Å². The third-order valence-electron chi connectivity index (χ3n) is 1.30. The number of hydrogen-bond acceptors (Lipinski definition) is 1. The Hall–Kier alpha value is -1.13. The molecular weight excluding hydrogens is 174 g/mol. The third kappa shape index (κ3) is 1.72. The summed E-state index contributed by atoms with van der Waals surface area (Å²) < 4.78 is 48.4. The van der Waals surface area contributed by atoms with E-state index in [0.717, 1.165) is 0 Å². The highest BCUT2D eigenvalue weighted by Crippen LogP contribution is 2.30. The Morgan fingerprint density at radius 3 is 2.33 bits per heavy atom. The molecule has 0 spiro atoms. The Morgan fingerprint density at radius 2 is 1.92 bits per heavy atom. The molecular formula is C7H5F4N. The van der Waals surface area contributed by atoms with Crippen molar-refractivity contribution < 1.29 is 17.6 Å². The molecule has 0 unspecified atom stereocenters. The number of halogens is 4. The van der Waals surface area contributed by atoms with Crippen molar-refractivity contribution in [1.29, 1.82) is 0 Å². The molecule has 0 aliphatic heterocycles. The number of aryl methyl sites for hydroxylation is 1. The first kappa shape index (κ1) is 8.96. The van der Waals surface area contributed by atoms with Crippen molar-refractivity contribution in [3.63, 3.8) is 0 Å². The molecule has 0 aromatic carbocycles. The summed E-state index contributed by atoms with van der Waals surface area (Å²) in [5, 5.41) is 0. The highest BCUT2D eigenvalue weighted by atomic mass is 19.4. The fourth-order valence-corrected chi connectivity index (χ4v) is 0.760. The van der Waals surface area contributed by atoms with E-state index in [0.29, 0.717) is 12.3 Å². The second kappa shape index (κ2) is 2.73. The van der Waals surface area contributed by atoms with E-state index in [2.05, 4.69) is 4.98 Å². The first-order valence-electron chi connectivity index (χ1n) is 3.10. The Bertz CT molecular complexity index is 292. The molecule has 1 nitrogen and oxygen atoms in total. The molecule has 0 aliphatic rings. The quantitative estimate of drug-likeness (QED) is 0.557. The number of pyridine rings is 1. The fourth-order valence-electron chi connectivity index (χ4n) is 0.760. The Labute approximate surface area is 66.0 Å². The van der Waals surface area contributed by atoms with Crippen LogP contribution in [0.4, 0.5) is 17.6 Å². The van der Waals surface area contributed by atoms with Crippen LogP contribution < -0.4 is 0 Å². The lowest BCUT2D eigenvalue weighted by Gasteiger charge is -2.07. The van der Waals surface area contributed by atoms with Crippen molar-refractivity contribution >= 4 is 0 Å². The summed E-state index contributed by atoms with van der Waals surface area (Å²) in [4.78, 5) is 3.38. The number of hydrogen-bond donors (Lipinski definition) is 0. The van der Waals surface area contributed by atoms with Crippen LogP contribution in [0.15, 0.2) is 12.3 Å². The van der Waals surface area contributed by atoms with E-state index in [1.165, 1.54) is 6.92 Å². The van der Waals surface area contributed by atoms with Gasteiger partial charge in [-0.15, -0.1) is 0 Å². The standard InChI is InChI=1S/C7H5F4N/c1-4-2-5(7(9,10)11)6(8)3-12-4/h2-3H,1H3. The summed E-state index contributed by atoms with van der Waals surface area (Å²) in [7, 11) is 0. The molecule has 0 fully saturated rings. The van der Waals surface area contributed by atoms with Gasteiger partial charge in [0.05, 0.1) is 11.8 Å². The molecule has 0 saturated heterocycles. The fraction of sp³-hybridized carbons (Fsp3) is 0.286. The van der Waals surface area contributed by atoms with Crippen molar-refractivity contribution in [2.75, 3.05) is 0 Å². The number of nitrogens with zero attached hydrogens (tertiary/aromatic N) is 1. The third-order valence-corrected chi connectivity index (χ3v) is 1.30. The summed E-state index contributed by atoms with van der Waals surface area (Å²) in [6, 6.07) is 0.676. The van der Waals surface area contributed by atoms with Gasteiger partial charge in [-0.25, -0.2) is 4.39 Å². The molecule has 5 heteroatoms. The van der Waals surface area contributed by atoms with Crippen molar-refractivity contribution in [1.82, 2.24) is 4.98 Å². The van der Waals surface area contributed by atoms with E-state index in [-0.39, 0.29) is 5.69 Å². The second-order valence-corrected chi connectivity index (χ2v) is 2.30. The van der Waals surface area contributed by atoms with Crippen LogP contribution in [0.3, 0.4) is 0 Å². The molecule has 1 aromatic heterocycles. The van der Waals surface area contributed by atoms with Crippen molar-refractivity contribution in [3.8, 4) is 0 Å². The second-order valence-electron chi connectivity index (χ2n) is 2.30. The zero-order valence-electron chi connectivity index (χ0n) is 6.11. The van der Waals surface area contributed by atoms with Gasteiger partial charge >= 0.3 is 6.18 Å². The van der Waals surface area contributed by atoms with Gasteiger partial charge in [-0.2, -0.15) is 13.2 Å². The van der Waals surface area contributed by atoms with Gasteiger partial charge in [0, 0.05) is 5.69 Å². The van der Waals surface area contributed by atoms with Crippen molar-refractivity contribution in [3.05, 3.63) is 29.3 Å². The summed E-state index contributed by atoms with van der Waals surface area (Å²) in [5.41, 5.74) is -1.13. The zero-order valence-corrected chi connectivity index (χ0v) is 6.11. The Kier molecular flexibility index (Phi) is 2.04. The maximum Gasteiger partial charge on any atom is 0.419 e. The predicted octanol–water partition coefficient (Wildman–Crippen LogP) is 2.55. The van der Waals surface area contributed by atoms with Gasteiger partial charge in [0.1, 0.15) is 0 Å². The van der Waals surface area contributed by atoms with E-state index < -0.39 is 17.6 Å². The van der Waals surface area contributed by atoms with Gasteiger partial charge < -0.3 is 0 Å². The maximum absolute atomic E-state index is 12.5. The molecule has 0 aliphatic carbocycles. The predicted molar refractivity (Wildman–Crippen MR) is 33.9 cm³/mol. The summed E-state index contributed by atoms with van der Waals surface area (Å²) in [6.07, 6.45) is -4.07. The Morgan fingerprint density at radius 1 is 1.33 bits per heavy atom. The summed E-state index contributed by atoms with van der Waals surface area (Å²) in [5.74, 6) is -1.34. The lowest BCUT2D eigenvalue weighted by atomic mass is 10.2. The van der Waals surface area contributed by atoms with Gasteiger partial charge in [0.25, 0.3) is 0 Å². The Balaban J connectivity index is 3.23. The monoisotopic (exact) mass is 179 g/mol. The molecule has 12 heavy (non-hydrogen) atoms. The van der Waals surface area contributed by atoms with Crippen LogP contribution in [0, 0.1) is 12.7 Å². The van der Waals surface area contributed by atoms with E-state index >= 15 is 0 Å². The SMILES string of the molecule is Cc1cc(C(F)(F)F)c(F)cn1. The van der Waals surface area contributed by atoms with E-state index in [9.17, 15) is 17.6 Å². The molecule has 66 valence electrons. The van der Waals surface area contributed by atoms with Crippen molar-refractivity contribution in [2.45, 2.75) is 13.1 Å². The van der Waals surface area contributed by atoms with Crippen LogP contribution in [0.25, 0.3) is 0 Å². The normalized spacial score (nSPS) is 11.8. The molecule has 0 radical (unpaired) electrons. The van der Waals surface area contributed by atoms with E-state index in [1.54, 1.807) is 0 Å². The summed E-state index contributed by atoms with van der Waals surface area (Å²) in [6.45, 7) is 1.37. The molecule has 0 saturated carbocycles. The molecule has 1 aromatic rings. The van der Waals surface area contributed by atoms with Gasteiger partial charge in [-0.1, -0.05) is 0 Å². The number of aromatic nitrogens is 1. The minimum atomic E-state index is -4.64. The van der Waals surface area contributed by atoms with Gasteiger partial charge in [0.15, 0.2) is 5.82 Å². The highest BCUT2D eigenvalue weighted by molar-refractivity contribution is 5.20. The van der Waals surface area contributed by atoms with Crippen LogP contribution in [-0.4, -0.2) is 4.98 Å². The van der Waals surface area contributed by atoms with Crippen LogP contribution in [-0.2, 0) is 6.18 Å². The van der Waals surface area contributed by atoms with Gasteiger partial charge in [-0.3, -0.25) is 4.98 Å². The smallest absolute Gasteiger partial charge is 0.259 e. The van der Waals surface area contributed by atoms with Gasteiger partial charge in [0.2, 0.25) is 0 Å². The maximum atomic E-state index is 12.5.